The van der Waals surface area contributed by atoms with Crippen LogP contribution >= 0.6 is 11.8 Å². The molecule has 3 amide bonds. The Balaban J connectivity index is 2.04. The van der Waals surface area contributed by atoms with Gasteiger partial charge in [0.1, 0.15) is 6.04 Å². The van der Waals surface area contributed by atoms with Crippen molar-refractivity contribution in [1.82, 2.24) is 15.5 Å². The van der Waals surface area contributed by atoms with Crippen molar-refractivity contribution in [3.8, 4) is 0 Å². The number of likely N-dealkylation sites (tertiary alicyclic amines) is 1. The third-order valence-corrected chi connectivity index (χ3v) is 9.82. The van der Waals surface area contributed by atoms with Crippen LogP contribution in [-0.2, 0) is 14.4 Å². The van der Waals surface area contributed by atoms with Gasteiger partial charge < -0.3 is 20.6 Å². The van der Waals surface area contributed by atoms with Gasteiger partial charge in [0.25, 0.3) is 0 Å². The van der Waals surface area contributed by atoms with E-state index >= 15 is 0 Å². The van der Waals surface area contributed by atoms with Crippen molar-refractivity contribution in [2.45, 2.75) is 102 Å². The first-order valence-electron chi connectivity index (χ1n) is 12.8. The molecule has 1 spiro atoms. The average Bonchev–Trinajstić information content (AvgIpc) is 3.34. The van der Waals surface area contributed by atoms with Crippen molar-refractivity contribution >= 4 is 29.5 Å². The second kappa shape index (κ2) is 10.5. The molecule has 4 unspecified atom stereocenters. The Kier molecular flexibility index (Phi) is 8.41. The second-order valence-electron chi connectivity index (χ2n) is 10.8. The molecule has 0 aliphatic carbocycles. The quantitative estimate of drug-likeness (QED) is 0.421. The standard InChI is InChI=1S/C25H43N3O4S/c1-7-9-16(6)27-23(31)21-25-15(5)12-18(33-25)19(22(30)26-10-8-2)20(25)24(32)28(21)17(13-29)11-14(3)4/h14-21,29H,7-13H2,1-6H3,(H,26,30)(H,27,31)/t15?,16?,17-,18-,19+,20+,21?,25?/m1/s1. The fourth-order valence-corrected chi connectivity index (χ4v) is 8.87. The van der Waals surface area contributed by atoms with Gasteiger partial charge in [-0.2, -0.15) is 0 Å². The first-order valence-corrected chi connectivity index (χ1v) is 13.7. The minimum absolute atomic E-state index is 0.00939. The third-order valence-electron chi connectivity index (χ3n) is 7.74. The number of nitrogens with one attached hydrogen (secondary N) is 2. The van der Waals surface area contributed by atoms with Crippen LogP contribution in [0.3, 0.4) is 0 Å². The minimum Gasteiger partial charge on any atom is -0.394 e. The molecule has 8 heteroatoms. The largest absolute Gasteiger partial charge is 0.394 e. The smallest absolute Gasteiger partial charge is 0.244 e. The molecule has 3 heterocycles. The summed E-state index contributed by atoms with van der Waals surface area (Å²) < 4.78 is -0.629. The molecular weight excluding hydrogens is 438 g/mol. The summed E-state index contributed by atoms with van der Waals surface area (Å²) in [5, 5.41) is 16.5. The molecule has 188 valence electrons. The summed E-state index contributed by atoms with van der Waals surface area (Å²) in [5.74, 6) is -0.868. The van der Waals surface area contributed by atoms with Gasteiger partial charge in [0.15, 0.2) is 0 Å². The van der Waals surface area contributed by atoms with E-state index in [1.165, 1.54) is 0 Å². The van der Waals surface area contributed by atoms with Crippen molar-refractivity contribution in [3.63, 3.8) is 0 Å². The zero-order valence-corrected chi connectivity index (χ0v) is 21.9. The van der Waals surface area contributed by atoms with Crippen LogP contribution < -0.4 is 10.6 Å². The molecular formula is C25H43N3O4S. The molecule has 0 saturated carbocycles. The number of carbonyl (C=O) groups excluding carboxylic acids is 3. The summed E-state index contributed by atoms with van der Waals surface area (Å²) in [7, 11) is 0. The van der Waals surface area contributed by atoms with E-state index in [-0.39, 0.29) is 47.5 Å². The summed E-state index contributed by atoms with van der Waals surface area (Å²) in [6.45, 7) is 12.7. The molecule has 0 aromatic carbocycles. The van der Waals surface area contributed by atoms with Crippen molar-refractivity contribution < 1.29 is 19.5 Å². The average molecular weight is 482 g/mol. The van der Waals surface area contributed by atoms with Crippen LogP contribution in [0.2, 0.25) is 0 Å². The van der Waals surface area contributed by atoms with E-state index in [1.54, 1.807) is 16.7 Å². The summed E-state index contributed by atoms with van der Waals surface area (Å²) in [4.78, 5) is 42.8. The molecule has 33 heavy (non-hydrogen) atoms. The fraction of sp³-hybridized carbons (Fsp3) is 0.880. The van der Waals surface area contributed by atoms with Gasteiger partial charge in [0, 0.05) is 17.8 Å². The van der Waals surface area contributed by atoms with Crippen molar-refractivity contribution in [2.24, 2.45) is 23.7 Å². The molecule has 3 aliphatic rings. The maximum absolute atomic E-state index is 14.1. The number of rotatable bonds is 11. The van der Waals surface area contributed by atoms with Crippen LogP contribution in [0.25, 0.3) is 0 Å². The van der Waals surface area contributed by atoms with Crippen molar-refractivity contribution in [3.05, 3.63) is 0 Å². The number of hydrogen-bond acceptors (Lipinski definition) is 5. The van der Waals surface area contributed by atoms with Gasteiger partial charge in [-0.05, 0) is 44.4 Å². The van der Waals surface area contributed by atoms with Gasteiger partial charge in [0.2, 0.25) is 17.7 Å². The Morgan fingerprint density at radius 3 is 2.48 bits per heavy atom. The zero-order chi connectivity index (χ0) is 24.5. The summed E-state index contributed by atoms with van der Waals surface area (Å²) in [6, 6.07) is -1.09. The number of hydrogen-bond donors (Lipinski definition) is 3. The van der Waals surface area contributed by atoms with E-state index in [2.05, 4.69) is 38.3 Å². The molecule has 0 aromatic rings. The molecule has 3 saturated heterocycles. The molecule has 3 N–H and O–H groups in total. The molecule has 0 aromatic heterocycles. The van der Waals surface area contributed by atoms with E-state index < -0.39 is 28.7 Å². The van der Waals surface area contributed by atoms with Crippen LogP contribution in [0.5, 0.6) is 0 Å². The maximum Gasteiger partial charge on any atom is 0.244 e. The van der Waals surface area contributed by atoms with Crippen LogP contribution in [0.15, 0.2) is 0 Å². The van der Waals surface area contributed by atoms with E-state index in [9.17, 15) is 19.5 Å². The molecule has 0 radical (unpaired) electrons. The number of thioether (sulfide) groups is 1. The van der Waals surface area contributed by atoms with Crippen LogP contribution in [0.4, 0.5) is 0 Å². The molecule has 7 nitrogen and oxygen atoms in total. The normalized spacial score (nSPS) is 34.5. The zero-order valence-electron chi connectivity index (χ0n) is 21.1. The first kappa shape index (κ1) is 26.3. The Morgan fingerprint density at radius 1 is 1.21 bits per heavy atom. The highest BCUT2D eigenvalue weighted by molar-refractivity contribution is 8.02. The van der Waals surface area contributed by atoms with Gasteiger partial charge in [-0.3, -0.25) is 14.4 Å². The highest BCUT2D eigenvalue weighted by Crippen LogP contribution is 2.68. The van der Waals surface area contributed by atoms with Gasteiger partial charge in [-0.25, -0.2) is 0 Å². The monoisotopic (exact) mass is 481 g/mol. The molecule has 8 atom stereocenters. The van der Waals surface area contributed by atoms with Crippen LogP contribution in [0, 0.1) is 23.7 Å². The first-order chi connectivity index (χ1) is 15.6. The number of amides is 3. The summed E-state index contributed by atoms with van der Waals surface area (Å²) in [6.07, 6.45) is 4.11. The lowest BCUT2D eigenvalue weighted by molar-refractivity contribution is -0.143. The van der Waals surface area contributed by atoms with Gasteiger partial charge in [-0.15, -0.1) is 11.8 Å². The van der Waals surface area contributed by atoms with E-state index in [0.29, 0.717) is 13.0 Å². The number of carbonyl (C=O) groups is 3. The predicted octanol–water partition coefficient (Wildman–Crippen LogP) is 2.56. The Morgan fingerprint density at radius 2 is 1.91 bits per heavy atom. The van der Waals surface area contributed by atoms with Gasteiger partial charge >= 0.3 is 0 Å². The Labute approximate surface area is 203 Å². The van der Waals surface area contributed by atoms with E-state index in [0.717, 1.165) is 25.7 Å². The highest BCUT2D eigenvalue weighted by Gasteiger charge is 2.76. The lowest BCUT2D eigenvalue weighted by Gasteiger charge is -2.40. The highest BCUT2D eigenvalue weighted by atomic mass is 32.2. The maximum atomic E-state index is 14.1. The molecule has 3 fully saturated rings. The lowest BCUT2D eigenvalue weighted by Crippen LogP contribution is -2.59. The Hall–Kier alpha value is -1.28. The number of nitrogens with zero attached hydrogens (tertiary/aromatic N) is 1. The SMILES string of the molecule is CCCNC(=O)[C@@H]1[C@H]2C(=O)N([C@@H](CO)CC(C)C)C(C(=O)NC(C)CCC)C23S[C@@H]1CC3C. The number of fused-ring (bicyclic) bond motifs is 1. The Bertz CT molecular complexity index is 747. The lowest BCUT2D eigenvalue weighted by atomic mass is 9.66. The second-order valence-corrected chi connectivity index (χ2v) is 12.3. The minimum atomic E-state index is -0.667. The van der Waals surface area contributed by atoms with Gasteiger partial charge in [0.05, 0.1) is 29.2 Å². The predicted molar refractivity (Wildman–Crippen MR) is 132 cm³/mol. The molecule has 2 bridgehead atoms. The van der Waals surface area contributed by atoms with E-state index in [1.807, 2.05) is 13.8 Å². The molecule has 3 rings (SSSR count). The fourth-order valence-electron chi connectivity index (χ4n) is 6.47. The van der Waals surface area contributed by atoms with Crippen LogP contribution in [-0.4, -0.2) is 69.0 Å². The molecule has 3 aliphatic heterocycles. The third kappa shape index (κ3) is 4.54. The summed E-state index contributed by atoms with van der Waals surface area (Å²) >= 11 is 1.69. The van der Waals surface area contributed by atoms with E-state index in [4.69, 9.17) is 0 Å². The van der Waals surface area contributed by atoms with Gasteiger partial charge in [-0.1, -0.05) is 41.0 Å². The summed E-state index contributed by atoms with van der Waals surface area (Å²) in [5.41, 5.74) is 0. The van der Waals surface area contributed by atoms with Crippen molar-refractivity contribution in [2.75, 3.05) is 13.2 Å². The topological polar surface area (TPSA) is 98.7 Å². The van der Waals surface area contributed by atoms with Crippen LogP contribution in [0.1, 0.15) is 73.6 Å². The number of aliphatic hydroxyl groups is 1. The van der Waals surface area contributed by atoms with Crippen molar-refractivity contribution in [1.29, 1.82) is 0 Å². The number of aliphatic hydroxyl groups excluding tert-OH is 1.